The molecule has 38 valence electrons. The van der Waals surface area contributed by atoms with Gasteiger partial charge in [-0.25, -0.2) is 0 Å². The summed E-state index contributed by atoms with van der Waals surface area (Å²) in [5.74, 6) is 0. The first-order chi connectivity index (χ1) is 3.41. The van der Waals surface area contributed by atoms with E-state index in [1.54, 1.807) is 6.80 Å². The number of hydrogen-bond acceptors (Lipinski definition) is 1. The summed E-state index contributed by atoms with van der Waals surface area (Å²) in [6, 6.07) is 0. The zero-order valence-corrected chi connectivity index (χ0v) is 4.72. The normalized spacial score (nSPS) is 8.14. The molecule has 0 aliphatic carbocycles. The third-order valence-corrected chi connectivity index (χ3v) is 0.830. The first kappa shape index (κ1) is 6.93. The van der Waals surface area contributed by atoms with Crippen LogP contribution in [0.25, 0.3) is 0 Å². The van der Waals surface area contributed by atoms with E-state index in [0.717, 1.165) is 13.3 Å². The van der Waals surface area contributed by atoms with Crippen LogP contribution < -0.4 is 0 Å². The minimum atomic E-state index is 1.01. The van der Waals surface area contributed by atoms with Crippen molar-refractivity contribution in [3.63, 3.8) is 0 Å². The monoisotopic (exact) mass is 96.1 g/mol. The standard InChI is InChI=1S/C4H10B2O/c1-2-3-4-5-6-7/h7H,2-4H2,1H3. The Morgan fingerprint density at radius 2 is 2.29 bits per heavy atom. The summed E-state index contributed by atoms with van der Waals surface area (Å²) in [4.78, 5) is 0. The molecule has 0 aliphatic rings. The second-order valence-corrected chi connectivity index (χ2v) is 1.53. The van der Waals surface area contributed by atoms with Crippen molar-refractivity contribution in [3.8, 4) is 0 Å². The van der Waals surface area contributed by atoms with Gasteiger partial charge < -0.3 is 0 Å². The van der Waals surface area contributed by atoms with E-state index in [2.05, 4.69) is 6.92 Å². The zero-order chi connectivity index (χ0) is 5.54. The molecule has 0 unspecified atom stereocenters. The summed E-state index contributed by atoms with van der Waals surface area (Å²) in [7, 11) is 1.11. The van der Waals surface area contributed by atoms with Gasteiger partial charge in [-0.1, -0.05) is 0 Å². The Morgan fingerprint density at radius 1 is 1.57 bits per heavy atom. The van der Waals surface area contributed by atoms with E-state index in [4.69, 9.17) is 5.02 Å². The SMILES string of the molecule is CCCCB=BO. The number of hydrogen-bond donors (Lipinski definition) is 1. The van der Waals surface area contributed by atoms with Gasteiger partial charge >= 0.3 is 44.9 Å². The van der Waals surface area contributed by atoms with Crippen LogP contribution in [0.1, 0.15) is 19.8 Å². The van der Waals surface area contributed by atoms with Crippen molar-refractivity contribution in [2.75, 3.05) is 0 Å². The molecule has 0 aromatic carbocycles. The van der Waals surface area contributed by atoms with Crippen LogP contribution in [0.15, 0.2) is 0 Å². The van der Waals surface area contributed by atoms with Gasteiger partial charge in [-0.05, 0) is 0 Å². The summed E-state index contributed by atoms with van der Waals surface area (Å²) in [5.41, 5.74) is 0. The average Bonchev–Trinajstić information content (AvgIpc) is 1.69. The molecule has 1 nitrogen and oxygen atoms in total. The van der Waals surface area contributed by atoms with Crippen LogP contribution in [0.3, 0.4) is 0 Å². The van der Waals surface area contributed by atoms with Crippen LogP contribution in [0.2, 0.25) is 6.32 Å². The third kappa shape index (κ3) is 5.93. The van der Waals surface area contributed by atoms with E-state index in [1.807, 2.05) is 0 Å². The van der Waals surface area contributed by atoms with Crippen LogP contribution in [-0.2, 0) is 0 Å². The van der Waals surface area contributed by atoms with Crippen molar-refractivity contribution in [3.05, 3.63) is 0 Å². The Bertz CT molecular complexity index is 53.7. The molecule has 0 rings (SSSR count). The molecule has 0 bridgehead atoms. The molecule has 0 spiro atoms. The van der Waals surface area contributed by atoms with Crippen LogP contribution in [0, 0.1) is 0 Å². The predicted octanol–water partition coefficient (Wildman–Crippen LogP) is 0.435. The van der Waals surface area contributed by atoms with Gasteiger partial charge in [-0.2, -0.15) is 0 Å². The van der Waals surface area contributed by atoms with Crippen molar-refractivity contribution < 1.29 is 5.02 Å². The molecule has 0 saturated heterocycles. The fraction of sp³-hybridized carbons (Fsp3) is 1.00. The van der Waals surface area contributed by atoms with Crippen molar-refractivity contribution in [1.29, 1.82) is 0 Å². The van der Waals surface area contributed by atoms with Gasteiger partial charge in [0.15, 0.2) is 0 Å². The van der Waals surface area contributed by atoms with Gasteiger partial charge in [0.05, 0.1) is 0 Å². The van der Waals surface area contributed by atoms with E-state index in [0.29, 0.717) is 0 Å². The molecule has 0 aromatic heterocycles. The van der Waals surface area contributed by atoms with E-state index in [1.165, 1.54) is 12.8 Å². The van der Waals surface area contributed by atoms with Crippen molar-refractivity contribution in [2.45, 2.75) is 26.1 Å². The Kier molecular flexibility index (Phi) is 5.87. The summed E-state index contributed by atoms with van der Waals surface area (Å²) < 4.78 is 0. The molecule has 0 aliphatic heterocycles. The van der Waals surface area contributed by atoms with Gasteiger partial charge in [-0.3, -0.25) is 0 Å². The maximum absolute atomic E-state index is 8.11. The summed E-state index contributed by atoms with van der Waals surface area (Å²) in [6.07, 6.45) is 3.38. The molecular weight excluding hydrogens is 85.7 g/mol. The summed E-state index contributed by atoms with van der Waals surface area (Å²) >= 11 is 0. The Labute approximate surface area is 45.9 Å². The number of unbranched alkanes of at least 4 members (excludes halogenated alkanes) is 1. The van der Waals surface area contributed by atoms with Crippen LogP contribution in [0.4, 0.5) is 0 Å². The quantitative estimate of drug-likeness (QED) is 0.399. The first-order valence-corrected chi connectivity index (χ1v) is 2.71. The molecule has 7 heavy (non-hydrogen) atoms. The Morgan fingerprint density at radius 3 is 2.71 bits per heavy atom. The van der Waals surface area contributed by atoms with E-state index >= 15 is 0 Å². The van der Waals surface area contributed by atoms with E-state index < -0.39 is 0 Å². The van der Waals surface area contributed by atoms with Crippen molar-refractivity contribution in [1.82, 2.24) is 0 Å². The topological polar surface area (TPSA) is 20.2 Å². The van der Waals surface area contributed by atoms with Crippen LogP contribution in [0.5, 0.6) is 0 Å². The summed E-state index contributed by atoms with van der Waals surface area (Å²) in [5, 5.41) is 8.11. The molecule has 1 N–H and O–H groups in total. The molecule has 0 heterocycles. The molecule has 0 aromatic rings. The van der Waals surface area contributed by atoms with E-state index in [9.17, 15) is 0 Å². The van der Waals surface area contributed by atoms with Gasteiger partial charge in [0.1, 0.15) is 0 Å². The van der Waals surface area contributed by atoms with Crippen LogP contribution >= 0.6 is 0 Å². The fourth-order valence-electron chi connectivity index (χ4n) is 0.397. The third-order valence-electron chi connectivity index (χ3n) is 0.830. The van der Waals surface area contributed by atoms with Gasteiger partial charge in [-0.15, -0.1) is 0 Å². The van der Waals surface area contributed by atoms with Crippen molar-refractivity contribution in [2.24, 2.45) is 0 Å². The minimum absolute atomic E-state index is 1.01. The summed E-state index contributed by atoms with van der Waals surface area (Å²) in [6.45, 7) is 3.90. The second-order valence-electron chi connectivity index (χ2n) is 1.53. The van der Waals surface area contributed by atoms with Gasteiger partial charge in [0, 0.05) is 0 Å². The van der Waals surface area contributed by atoms with E-state index in [-0.39, 0.29) is 0 Å². The molecular formula is C4H10B2O. The Balaban J connectivity index is 2.69. The molecule has 0 amide bonds. The molecule has 0 atom stereocenters. The van der Waals surface area contributed by atoms with Gasteiger partial charge in [0.25, 0.3) is 0 Å². The fourth-order valence-corrected chi connectivity index (χ4v) is 0.397. The maximum atomic E-state index is 8.11. The average molecular weight is 95.7 g/mol. The molecule has 0 saturated carbocycles. The predicted molar refractivity (Wildman–Crippen MR) is 33.4 cm³/mol. The van der Waals surface area contributed by atoms with Crippen LogP contribution in [-0.4, -0.2) is 18.8 Å². The number of rotatable bonds is 3. The molecule has 0 radical (unpaired) electrons. The zero-order valence-electron chi connectivity index (χ0n) is 4.72. The Hall–Kier alpha value is -0.0701. The molecule has 0 fully saturated rings. The van der Waals surface area contributed by atoms with Crippen molar-refractivity contribution >= 4 is 13.8 Å². The van der Waals surface area contributed by atoms with Gasteiger partial charge in [0.2, 0.25) is 0 Å². The second kappa shape index (κ2) is 5.93. The molecule has 3 heteroatoms. The first-order valence-electron chi connectivity index (χ1n) is 2.71.